The molecule has 2 saturated carbocycles. The summed E-state index contributed by atoms with van der Waals surface area (Å²) in [7, 11) is 0. The number of hydrogen-bond donors (Lipinski definition) is 2. The van der Waals surface area contributed by atoms with Gasteiger partial charge in [0.1, 0.15) is 5.60 Å². The van der Waals surface area contributed by atoms with Crippen LogP contribution in [-0.4, -0.2) is 53.0 Å². The zero-order valence-corrected chi connectivity index (χ0v) is 13.3. The number of carbonyl (C=O) groups excluding carboxylic acids is 1. The first kappa shape index (κ1) is 15.1. The van der Waals surface area contributed by atoms with Crippen molar-refractivity contribution in [2.24, 2.45) is 11.8 Å². The lowest BCUT2D eigenvalue weighted by atomic mass is 9.93. The largest absolute Gasteiger partial charge is 0.444 e. The van der Waals surface area contributed by atoms with Crippen LogP contribution < -0.4 is 5.32 Å². The fourth-order valence-corrected chi connectivity index (χ4v) is 3.76. The van der Waals surface area contributed by atoms with Crippen molar-refractivity contribution in [1.29, 1.82) is 0 Å². The minimum Gasteiger partial charge on any atom is -0.444 e. The van der Waals surface area contributed by atoms with Gasteiger partial charge in [-0.05, 0) is 58.3 Å². The Kier molecular flexibility index (Phi) is 3.91. The third-order valence-corrected chi connectivity index (χ3v) is 4.97. The number of nitrogens with one attached hydrogen (secondary N) is 1. The molecule has 0 radical (unpaired) electrons. The predicted molar refractivity (Wildman–Crippen MR) is 80.0 cm³/mol. The second kappa shape index (κ2) is 5.43. The summed E-state index contributed by atoms with van der Waals surface area (Å²) in [5.41, 5.74) is -0.412. The molecule has 0 bridgehead atoms. The van der Waals surface area contributed by atoms with Gasteiger partial charge in [0.25, 0.3) is 0 Å². The number of rotatable bonds is 2. The Bertz CT molecular complexity index is 387. The summed E-state index contributed by atoms with van der Waals surface area (Å²) >= 11 is 0. The van der Waals surface area contributed by atoms with Crippen LogP contribution in [-0.2, 0) is 4.74 Å². The minimum absolute atomic E-state index is 0.0931. The zero-order chi connectivity index (χ0) is 15.2. The van der Waals surface area contributed by atoms with Gasteiger partial charge in [-0.25, -0.2) is 4.79 Å². The molecule has 1 aliphatic heterocycles. The zero-order valence-electron chi connectivity index (χ0n) is 13.3. The van der Waals surface area contributed by atoms with Gasteiger partial charge in [0.05, 0.1) is 6.10 Å². The summed E-state index contributed by atoms with van der Waals surface area (Å²) in [5, 5.41) is 13.3. The number of likely N-dealkylation sites (tertiary alicyclic amines) is 1. The third-order valence-electron chi connectivity index (χ3n) is 4.97. The lowest BCUT2D eigenvalue weighted by Crippen LogP contribution is -2.42. The quantitative estimate of drug-likeness (QED) is 0.815. The first-order valence-corrected chi connectivity index (χ1v) is 8.25. The number of carbonyl (C=O) groups is 1. The third kappa shape index (κ3) is 3.51. The highest BCUT2D eigenvalue weighted by Crippen LogP contribution is 2.46. The Balaban J connectivity index is 1.41. The van der Waals surface area contributed by atoms with E-state index in [0.29, 0.717) is 23.9 Å². The maximum atomic E-state index is 12.0. The molecular weight excluding hydrogens is 268 g/mol. The molecule has 0 aromatic heterocycles. The average Bonchev–Trinajstić information content (AvgIpc) is 2.83. The van der Waals surface area contributed by atoms with Crippen LogP contribution in [0.2, 0.25) is 0 Å². The highest BCUT2D eigenvalue weighted by Gasteiger charge is 2.57. The number of fused-ring (bicyclic) bond motifs is 1. The second-order valence-corrected chi connectivity index (χ2v) is 7.91. The van der Waals surface area contributed by atoms with Gasteiger partial charge in [0.15, 0.2) is 0 Å². The number of aliphatic hydroxyl groups is 1. The molecule has 1 heterocycles. The molecule has 1 amide bonds. The average molecular weight is 296 g/mol. The van der Waals surface area contributed by atoms with Crippen molar-refractivity contribution in [2.45, 2.75) is 70.2 Å². The van der Waals surface area contributed by atoms with Crippen LogP contribution in [0.4, 0.5) is 4.79 Å². The van der Waals surface area contributed by atoms with Crippen molar-refractivity contribution >= 4 is 6.09 Å². The van der Waals surface area contributed by atoms with E-state index in [1.165, 1.54) is 0 Å². The molecule has 5 nitrogen and oxygen atoms in total. The maximum Gasteiger partial charge on any atom is 0.410 e. The molecule has 3 fully saturated rings. The molecule has 3 rings (SSSR count). The molecule has 0 aromatic carbocycles. The normalized spacial score (nSPS) is 39.0. The fraction of sp³-hybridized carbons (Fsp3) is 0.938. The Morgan fingerprint density at radius 2 is 1.71 bits per heavy atom. The summed E-state index contributed by atoms with van der Waals surface area (Å²) in [6, 6.07) is 1.13. The summed E-state index contributed by atoms with van der Waals surface area (Å²) in [5.74, 6) is 1.20. The van der Waals surface area contributed by atoms with E-state index in [0.717, 1.165) is 38.8 Å². The van der Waals surface area contributed by atoms with Crippen molar-refractivity contribution in [3.8, 4) is 0 Å². The van der Waals surface area contributed by atoms with E-state index >= 15 is 0 Å². The molecule has 120 valence electrons. The van der Waals surface area contributed by atoms with Gasteiger partial charge in [-0.3, -0.25) is 0 Å². The van der Waals surface area contributed by atoms with E-state index in [4.69, 9.17) is 4.74 Å². The molecule has 2 aliphatic carbocycles. The smallest absolute Gasteiger partial charge is 0.410 e. The number of ether oxygens (including phenoxy) is 1. The number of piperidine rings is 1. The van der Waals surface area contributed by atoms with E-state index in [1.807, 2.05) is 25.7 Å². The van der Waals surface area contributed by atoms with Crippen LogP contribution in [0.1, 0.15) is 46.5 Å². The number of nitrogens with zero attached hydrogens (tertiary/aromatic N) is 1. The second-order valence-electron chi connectivity index (χ2n) is 7.91. The van der Waals surface area contributed by atoms with Crippen LogP contribution in [0, 0.1) is 11.8 Å². The molecule has 3 aliphatic rings. The minimum atomic E-state index is -0.412. The van der Waals surface area contributed by atoms with E-state index in [2.05, 4.69) is 5.32 Å². The standard InChI is InChI=1S/C16H28N2O3/c1-16(2,3)21-15(20)18-8-12-13(9-18)14(12)17-10-4-6-11(19)7-5-10/h10-14,17,19H,4-9H2,1-3H3. The van der Waals surface area contributed by atoms with Crippen LogP contribution >= 0.6 is 0 Å². The molecule has 0 aromatic rings. The van der Waals surface area contributed by atoms with Crippen LogP contribution in [0.25, 0.3) is 0 Å². The number of aliphatic hydroxyl groups excluding tert-OH is 1. The van der Waals surface area contributed by atoms with Crippen LogP contribution in [0.5, 0.6) is 0 Å². The van der Waals surface area contributed by atoms with Crippen molar-refractivity contribution in [3.63, 3.8) is 0 Å². The van der Waals surface area contributed by atoms with E-state index in [1.54, 1.807) is 0 Å². The van der Waals surface area contributed by atoms with E-state index in [9.17, 15) is 9.90 Å². The van der Waals surface area contributed by atoms with Gasteiger partial charge >= 0.3 is 6.09 Å². The fourth-order valence-electron chi connectivity index (χ4n) is 3.76. The van der Waals surface area contributed by atoms with Gasteiger partial charge in [-0.2, -0.15) is 0 Å². The Hall–Kier alpha value is -0.810. The first-order valence-electron chi connectivity index (χ1n) is 8.25. The van der Waals surface area contributed by atoms with Crippen LogP contribution in [0.3, 0.4) is 0 Å². The molecule has 2 atom stereocenters. The lowest BCUT2D eigenvalue weighted by Gasteiger charge is -2.29. The molecule has 2 N–H and O–H groups in total. The van der Waals surface area contributed by atoms with Gasteiger partial charge in [-0.15, -0.1) is 0 Å². The van der Waals surface area contributed by atoms with E-state index in [-0.39, 0.29) is 12.2 Å². The number of amides is 1. The van der Waals surface area contributed by atoms with Crippen LogP contribution in [0.15, 0.2) is 0 Å². The Morgan fingerprint density at radius 1 is 1.14 bits per heavy atom. The highest BCUT2D eigenvalue weighted by molar-refractivity contribution is 5.69. The SMILES string of the molecule is CC(C)(C)OC(=O)N1CC2C(C1)C2NC1CCC(O)CC1. The van der Waals surface area contributed by atoms with Crippen molar-refractivity contribution in [1.82, 2.24) is 10.2 Å². The molecule has 1 saturated heterocycles. The Labute approximate surface area is 127 Å². The van der Waals surface area contributed by atoms with Gasteiger partial charge < -0.3 is 20.1 Å². The highest BCUT2D eigenvalue weighted by atomic mass is 16.6. The van der Waals surface area contributed by atoms with Gasteiger partial charge in [0, 0.05) is 25.2 Å². The first-order chi connectivity index (χ1) is 9.83. The summed E-state index contributed by atoms with van der Waals surface area (Å²) in [4.78, 5) is 13.9. The monoisotopic (exact) mass is 296 g/mol. The number of hydrogen-bond acceptors (Lipinski definition) is 4. The summed E-state index contributed by atoms with van der Waals surface area (Å²) < 4.78 is 5.43. The molecular formula is C16H28N2O3. The van der Waals surface area contributed by atoms with E-state index < -0.39 is 5.60 Å². The topological polar surface area (TPSA) is 61.8 Å². The van der Waals surface area contributed by atoms with Crippen molar-refractivity contribution in [2.75, 3.05) is 13.1 Å². The molecule has 21 heavy (non-hydrogen) atoms. The molecule has 0 spiro atoms. The maximum absolute atomic E-state index is 12.0. The van der Waals surface area contributed by atoms with Crippen molar-refractivity contribution < 1.29 is 14.6 Å². The summed E-state index contributed by atoms with van der Waals surface area (Å²) in [6.45, 7) is 7.37. The van der Waals surface area contributed by atoms with Gasteiger partial charge in [0.2, 0.25) is 0 Å². The molecule has 5 heteroatoms. The molecule has 2 unspecified atom stereocenters. The van der Waals surface area contributed by atoms with Crippen molar-refractivity contribution in [3.05, 3.63) is 0 Å². The lowest BCUT2D eigenvalue weighted by molar-refractivity contribution is 0.0267. The van der Waals surface area contributed by atoms with Gasteiger partial charge in [-0.1, -0.05) is 0 Å². The Morgan fingerprint density at radius 3 is 2.24 bits per heavy atom. The predicted octanol–water partition coefficient (Wildman–Crippen LogP) is 1.74. The summed E-state index contributed by atoms with van der Waals surface area (Å²) in [6.07, 6.45) is 3.73.